The van der Waals surface area contributed by atoms with Gasteiger partial charge in [0.25, 0.3) is 0 Å². The number of benzene rings is 1. The standard InChI is InChI=1S/C22H29N3OS2/c1-17(18-9-4-2-5-10-18)24-21(26)15-23-22(27)25(16-20-13-8-14-28-20)19-11-6-3-7-12-19/h2,4-5,8-10,13-14,17,19H,3,6-7,11-12,15-16H2,1H3,(H,23,27)(H,24,26)/t17-/m0/s1. The Morgan fingerprint density at radius 3 is 2.61 bits per heavy atom. The molecule has 1 aromatic heterocycles. The lowest BCUT2D eigenvalue weighted by Crippen LogP contribution is -2.48. The number of thiophene rings is 1. The van der Waals surface area contributed by atoms with Crippen molar-refractivity contribution in [3.63, 3.8) is 0 Å². The van der Waals surface area contributed by atoms with Gasteiger partial charge in [-0.15, -0.1) is 11.3 Å². The molecule has 4 nitrogen and oxygen atoms in total. The number of nitrogens with zero attached hydrogens (tertiary/aromatic N) is 1. The van der Waals surface area contributed by atoms with E-state index in [0.29, 0.717) is 11.2 Å². The molecule has 3 rings (SSSR count). The molecule has 1 amide bonds. The van der Waals surface area contributed by atoms with Gasteiger partial charge in [0.15, 0.2) is 5.11 Å². The highest BCUT2D eigenvalue weighted by Gasteiger charge is 2.24. The molecule has 1 aromatic carbocycles. The highest BCUT2D eigenvalue weighted by atomic mass is 32.1. The fraction of sp³-hybridized carbons (Fsp3) is 0.455. The van der Waals surface area contributed by atoms with E-state index < -0.39 is 0 Å². The molecular weight excluding hydrogens is 386 g/mol. The van der Waals surface area contributed by atoms with Crippen LogP contribution in [0.4, 0.5) is 0 Å². The summed E-state index contributed by atoms with van der Waals surface area (Å²) in [6.45, 7) is 3.01. The van der Waals surface area contributed by atoms with Crippen molar-refractivity contribution >= 4 is 34.6 Å². The first-order valence-corrected chi connectivity index (χ1v) is 11.3. The van der Waals surface area contributed by atoms with Crippen molar-refractivity contribution in [2.75, 3.05) is 6.54 Å². The molecule has 0 spiro atoms. The second-order valence-electron chi connectivity index (χ2n) is 7.36. The Bertz CT molecular complexity index is 742. The Kier molecular flexibility index (Phi) is 7.86. The Balaban J connectivity index is 1.54. The van der Waals surface area contributed by atoms with Crippen molar-refractivity contribution in [2.24, 2.45) is 0 Å². The fourth-order valence-corrected chi connectivity index (χ4v) is 4.69. The van der Waals surface area contributed by atoms with Gasteiger partial charge in [0, 0.05) is 10.9 Å². The molecule has 1 atom stereocenters. The van der Waals surface area contributed by atoms with Gasteiger partial charge in [-0.3, -0.25) is 4.79 Å². The molecule has 6 heteroatoms. The van der Waals surface area contributed by atoms with Crippen LogP contribution in [0.2, 0.25) is 0 Å². The Labute approximate surface area is 177 Å². The molecule has 2 aromatic rings. The van der Waals surface area contributed by atoms with Crippen LogP contribution in [0.5, 0.6) is 0 Å². The molecule has 28 heavy (non-hydrogen) atoms. The van der Waals surface area contributed by atoms with Gasteiger partial charge in [-0.25, -0.2) is 0 Å². The number of carbonyl (C=O) groups is 1. The summed E-state index contributed by atoms with van der Waals surface area (Å²) in [5, 5.41) is 9.02. The van der Waals surface area contributed by atoms with E-state index in [2.05, 4.69) is 33.0 Å². The zero-order valence-corrected chi connectivity index (χ0v) is 18.0. The first-order valence-electron chi connectivity index (χ1n) is 10.0. The summed E-state index contributed by atoms with van der Waals surface area (Å²) < 4.78 is 0. The lowest BCUT2D eigenvalue weighted by Gasteiger charge is -2.36. The second-order valence-corrected chi connectivity index (χ2v) is 8.78. The topological polar surface area (TPSA) is 44.4 Å². The van der Waals surface area contributed by atoms with Gasteiger partial charge in [0.1, 0.15) is 0 Å². The molecule has 1 saturated carbocycles. The first kappa shape index (κ1) is 20.8. The maximum atomic E-state index is 12.4. The molecule has 1 heterocycles. The third-order valence-corrected chi connectivity index (χ3v) is 6.50. The molecule has 0 radical (unpaired) electrons. The van der Waals surface area contributed by atoms with Crippen molar-refractivity contribution in [1.29, 1.82) is 0 Å². The number of thiocarbonyl (C=S) groups is 1. The first-order chi connectivity index (χ1) is 13.6. The average molecular weight is 416 g/mol. The minimum Gasteiger partial charge on any atom is -0.353 e. The summed E-state index contributed by atoms with van der Waals surface area (Å²) in [7, 11) is 0. The van der Waals surface area contributed by atoms with Crippen LogP contribution >= 0.6 is 23.6 Å². The molecule has 150 valence electrons. The number of hydrogen-bond donors (Lipinski definition) is 2. The van der Waals surface area contributed by atoms with Gasteiger partial charge in [0.2, 0.25) is 5.91 Å². The molecule has 0 saturated heterocycles. The van der Waals surface area contributed by atoms with E-state index in [1.807, 2.05) is 37.3 Å². The monoisotopic (exact) mass is 415 g/mol. The number of rotatable bonds is 7. The second kappa shape index (κ2) is 10.6. The molecule has 0 bridgehead atoms. The molecule has 1 aliphatic carbocycles. The average Bonchev–Trinajstić information content (AvgIpc) is 3.25. The van der Waals surface area contributed by atoms with E-state index in [9.17, 15) is 4.79 Å². The van der Waals surface area contributed by atoms with Crippen LogP contribution in [-0.4, -0.2) is 28.5 Å². The zero-order valence-electron chi connectivity index (χ0n) is 16.4. The number of amides is 1. The van der Waals surface area contributed by atoms with Crippen LogP contribution in [0.1, 0.15) is 55.5 Å². The smallest absolute Gasteiger partial charge is 0.239 e. The summed E-state index contributed by atoms with van der Waals surface area (Å²) in [5.41, 5.74) is 1.10. The van der Waals surface area contributed by atoms with Crippen LogP contribution in [0, 0.1) is 0 Å². The summed E-state index contributed by atoms with van der Waals surface area (Å²) >= 11 is 7.45. The summed E-state index contributed by atoms with van der Waals surface area (Å²) in [6.07, 6.45) is 6.16. The maximum absolute atomic E-state index is 12.4. The Hall–Kier alpha value is -1.92. The molecule has 0 unspecified atom stereocenters. The van der Waals surface area contributed by atoms with E-state index in [0.717, 1.165) is 12.1 Å². The third kappa shape index (κ3) is 6.04. The molecule has 1 aliphatic rings. The van der Waals surface area contributed by atoms with Gasteiger partial charge >= 0.3 is 0 Å². The predicted molar refractivity (Wildman–Crippen MR) is 120 cm³/mol. The number of carbonyl (C=O) groups excluding carboxylic acids is 1. The van der Waals surface area contributed by atoms with Crippen molar-refractivity contribution in [1.82, 2.24) is 15.5 Å². The van der Waals surface area contributed by atoms with E-state index >= 15 is 0 Å². The van der Waals surface area contributed by atoms with Gasteiger partial charge in [-0.05, 0) is 49.0 Å². The van der Waals surface area contributed by atoms with Gasteiger partial charge in [-0.2, -0.15) is 0 Å². The Morgan fingerprint density at radius 2 is 1.93 bits per heavy atom. The summed E-state index contributed by atoms with van der Waals surface area (Å²) in [5.74, 6) is -0.0431. The van der Waals surface area contributed by atoms with Crippen molar-refractivity contribution in [3.05, 3.63) is 58.3 Å². The van der Waals surface area contributed by atoms with E-state index in [4.69, 9.17) is 12.2 Å². The van der Waals surface area contributed by atoms with Crippen LogP contribution in [0.15, 0.2) is 47.8 Å². The quantitative estimate of drug-likeness (QED) is 0.647. The molecule has 1 fully saturated rings. The van der Waals surface area contributed by atoms with Crippen molar-refractivity contribution in [2.45, 2.75) is 57.7 Å². The van der Waals surface area contributed by atoms with Crippen LogP contribution in [0.3, 0.4) is 0 Å². The lowest BCUT2D eigenvalue weighted by atomic mass is 9.94. The van der Waals surface area contributed by atoms with Crippen molar-refractivity contribution in [3.8, 4) is 0 Å². The van der Waals surface area contributed by atoms with E-state index in [-0.39, 0.29) is 18.5 Å². The molecule has 2 N–H and O–H groups in total. The normalized spacial score (nSPS) is 15.6. The third-order valence-electron chi connectivity index (χ3n) is 5.26. The highest BCUT2D eigenvalue weighted by molar-refractivity contribution is 7.80. The lowest BCUT2D eigenvalue weighted by molar-refractivity contribution is -0.120. The van der Waals surface area contributed by atoms with Crippen molar-refractivity contribution < 1.29 is 4.79 Å². The van der Waals surface area contributed by atoms with Gasteiger partial charge in [0.05, 0.1) is 19.1 Å². The Morgan fingerprint density at radius 1 is 1.18 bits per heavy atom. The van der Waals surface area contributed by atoms with Crippen LogP contribution in [-0.2, 0) is 11.3 Å². The minimum atomic E-state index is -0.0431. The van der Waals surface area contributed by atoms with Crippen LogP contribution < -0.4 is 10.6 Å². The van der Waals surface area contributed by atoms with E-state index in [1.165, 1.54) is 37.0 Å². The fourth-order valence-electron chi connectivity index (χ4n) is 3.70. The van der Waals surface area contributed by atoms with E-state index in [1.54, 1.807) is 11.3 Å². The predicted octanol–water partition coefficient (Wildman–Crippen LogP) is 4.63. The van der Waals surface area contributed by atoms with Gasteiger partial charge in [-0.1, -0.05) is 55.7 Å². The highest BCUT2D eigenvalue weighted by Crippen LogP contribution is 2.25. The summed E-state index contributed by atoms with van der Waals surface area (Å²) in [6, 6.07) is 14.7. The molecule has 0 aliphatic heterocycles. The van der Waals surface area contributed by atoms with Crippen LogP contribution in [0.25, 0.3) is 0 Å². The number of hydrogen-bond acceptors (Lipinski definition) is 3. The maximum Gasteiger partial charge on any atom is 0.239 e. The summed E-state index contributed by atoms with van der Waals surface area (Å²) in [4.78, 5) is 16.0. The van der Waals surface area contributed by atoms with Gasteiger partial charge < -0.3 is 15.5 Å². The number of nitrogens with one attached hydrogen (secondary N) is 2. The minimum absolute atomic E-state index is 0.0235. The zero-order chi connectivity index (χ0) is 19.8. The SMILES string of the molecule is C[C@H](NC(=O)CNC(=S)N(Cc1cccs1)C1CCCCC1)c1ccccc1. The molecular formula is C22H29N3OS2. The largest absolute Gasteiger partial charge is 0.353 e.